The first-order valence-electron chi connectivity index (χ1n) is 10.1. The number of aliphatic hydroxyl groups is 1. The Kier molecular flexibility index (Phi) is 5.30. The monoisotopic (exact) mass is 357 g/mol. The van der Waals surface area contributed by atoms with Crippen LogP contribution in [0, 0.1) is 5.92 Å². The molecule has 0 radical (unpaired) electrons. The molecule has 4 rings (SSSR count). The third-order valence-electron chi connectivity index (χ3n) is 6.66. The number of amides is 1. The first-order chi connectivity index (χ1) is 12.6. The van der Waals surface area contributed by atoms with Gasteiger partial charge in [-0.2, -0.15) is 0 Å². The van der Waals surface area contributed by atoms with Crippen molar-refractivity contribution < 1.29 is 9.90 Å². The average molecular weight is 357 g/mol. The maximum atomic E-state index is 12.8. The SMILES string of the molecule is N[C@@H]1C[C@@H](C(=O)N2CCC(N3CCc4ccccc4C3)CC2)CC[C@H]1O. The van der Waals surface area contributed by atoms with E-state index in [0.717, 1.165) is 51.9 Å². The number of nitrogens with two attached hydrogens (primary N) is 1. The Labute approximate surface area is 156 Å². The van der Waals surface area contributed by atoms with Gasteiger partial charge >= 0.3 is 0 Å². The number of aliphatic hydroxyl groups excluding tert-OH is 1. The summed E-state index contributed by atoms with van der Waals surface area (Å²) in [7, 11) is 0. The molecule has 3 N–H and O–H groups in total. The lowest BCUT2D eigenvalue weighted by atomic mass is 9.83. The van der Waals surface area contributed by atoms with E-state index in [1.807, 2.05) is 4.90 Å². The number of likely N-dealkylation sites (tertiary alicyclic amines) is 1. The second-order valence-corrected chi connectivity index (χ2v) is 8.29. The highest BCUT2D eigenvalue weighted by atomic mass is 16.3. The minimum absolute atomic E-state index is 0.00631. The standard InChI is InChI=1S/C21H31N3O2/c22-19-13-16(5-6-20(19)25)21(26)23-11-8-18(9-12-23)24-10-7-15-3-1-2-4-17(15)14-24/h1-4,16,18-20,25H,5-14,22H2/t16-,19+,20+/m0/s1. The highest BCUT2D eigenvalue weighted by Gasteiger charge is 2.35. The van der Waals surface area contributed by atoms with E-state index in [4.69, 9.17) is 5.73 Å². The van der Waals surface area contributed by atoms with Gasteiger partial charge in [0.2, 0.25) is 5.91 Å². The summed E-state index contributed by atoms with van der Waals surface area (Å²) in [5, 5.41) is 9.78. The van der Waals surface area contributed by atoms with Crippen LogP contribution >= 0.6 is 0 Å². The number of nitrogens with zero attached hydrogens (tertiary/aromatic N) is 2. The third kappa shape index (κ3) is 3.66. The van der Waals surface area contributed by atoms with Crippen LogP contribution in [0.3, 0.4) is 0 Å². The lowest BCUT2D eigenvalue weighted by Crippen LogP contribution is -2.51. The zero-order valence-electron chi connectivity index (χ0n) is 15.5. The summed E-state index contributed by atoms with van der Waals surface area (Å²) in [6.45, 7) is 3.89. The molecule has 2 heterocycles. The van der Waals surface area contributed by atoms with E-state index >= 15 is 0 Å². The Bertz CT molecular complexity index is 642. The van der Waals surface area contributed by atoms with E-state index in [-0.39, 0.29) is 17.9 Å². The van der Waals surface area contributed by atoms with E-state index in [1.165, 1.54) is 11.1 Å². The molecule has 1 amide bonds. The molecular weight excluding hydrogens is 326 g/mol. The van der Waals surface area contributed by atoms with E-state index in [9.17, 15) is 9.90 Å². The fourth-order valence-corrected chi connectivity index (χ4v) is 4.95. The summed E-state index contributed by atoms with van der Waals surface area (Å²) in [6.07, 6.45) is 4.88. The van der Waals surface area contributed by atoms with Crippen molar-refractivity contribution in [2.45, 2.75) is 63.3 Å². The molecule has 1 aromatic rings. The third-order valence-corrected chi connectivity index (χ3v) is 6.66. The summed E-state index contributed by atoms with van der Waals surface area (Å²) in [4.78, 5) is 17.5. The van der Waals surface area contributed by atoms with Crippen molar-refractivity contribution >= 4 is 5.91 Å². The fourth-order valence-electron chi connectivity index (χ4n) is 4.95. The van der Waals surface area contributed by atoms with Crippen molar-refractivity contribution in [3.63, 3.8) is 0 Å². The van der Waals surface area contributed by atoms with Gasteiger partial charge in [0.05, 0.1) is 6.10 Å². The van der Waals surface area contributed by atoms with Crippen molar-refractivity contribution in [1.82, 2.24) is 9.80 Å². The topological polar surface area (TPSA) is 69.8 Å². The number of carbonyl (C=O) groups is 1. The first kappa shape index (κ1) is 18.0. The average Bonchev–Trinajstić information content (AvgIpc) is 2.69. The number of benzene rings is 1. The number of rotatable bonds is 2. The maximum absolute atomic E-state index is 12.8. The maximum Gasteiger partial charge on any atom is 0.225 e. The Balaban J connectivity index is 1.30. The quantitative estimate of drug-likeness (QED) is 0.842. The molecule has 1 aromatic carbocycles. The Hall–Kier alpha value is -1.43. The molecule has 26 heavy (non-hydrogen) atoms. The number of piperidine rings is 1. The van der Waals surface area contributed by atoms with Gasteiger partial charge in [-0.1, -0.05) is 24.3 Å². The molecule has 1 saturated carbocycles. The summed E-state index contributed by atoms with van der Waals surface area (Å²) < 4.78 is 0. The van der Waals surface area contributed by atoms with Crippen molar-refractivity contribution in [1.29, 1.82) is 0 Å². The summed E-state index contributed by atoms with van der Waals surface area (Å²) >= 11 is 0. The van der Waals surface area contributed by atoms with Crippen LogP contribution < -0.4 is 5.73 Å². The van der Waals surface area contributed by atoms with E-state index in [0.29, 0.717) is 18.9 Å². The smallest absolute Gasteiger partial charge is 0.225 e. The van der Waals surface area contributed by atoms with Gasteiger partial charge in [-0.25, -0.2) is 0 Å². The molecule has 2 aliphatic heterocycles. The van der Waals surface area contributed by atoms with Gasteiger partial charge in [0.1, 0.15) is 0 Å². The van der Waals surface area contributed by atoms with Gasteiger partial charge in [-0.05, 0) is 49.7 Å². The molecule has 1 aliphatic carbocycles. The predicted molar refractivity (Wildman–Crippen MR) is 101 cm³/mol. The number of carbonyl (C=O) groups excluding carboxylic acids is 1. The van der Waals surface area contributed by atoms with Crippen LogP contribution in [0.15, 0.2) is 24.3 Å². The summed E-state index contributed by atoms with van der Waals surface area (Å²) in [5.41, 5.74) is 8.92. The molecule has 5 nitrogen and oxygen atoms in total. The molecule has 3 atom stereocenters. The Morgan fingerprint density at radius 1 is 1.04 bits per heavy atom. The van der Waals surface area contributed by atoms with Crippen LogP contribution in [-0.2, 0) is 17.8 Å². The van der Waals surface area contributed by atoms with Gasteiger partial charge in [0.25, 0.3) is 0 Å². The Morgan fingerprint density at radius 2 is 1.77 bits per heavy atom. The minimum Gasteiger partial charge on any atom is -0.392 e. The van der Waals surface area contributed by atoms with Crippen LogP contribution in [0.1, 0.15) is 43.2 Å². The predicted octanol–water partition coefficient (Wildman–Crippen LogP) is 1.52. The summed E-state index contributed by atoms with van der Waals surface area (Å²) in [5.74, 6) is 0.265. The lowest BCUT2D eigenvalue weighted by Gasteiger charge is -2.42. The van der Waals surface area contributed by atoms with Gasteiger partial charge in [0.15, 0.2) is 0 Å². The molecule has 142 valence electrons. The van der Waals surface area contributed by atoms with Gasteiger partial charge in [0, 0.05) is 44.2 Å². The molecular formula is C21H31N3O2. The van der Waals surface area contributed by atoms with Crippen molar-refractivity contribution in [3.8, 4) is 0 Å². The highest BCUT2D eigenvalue weighted by Crippen LogP contribution is 2.29. The van der Waals surface area contributed by atoms with Crippen LogP contribution in [0.4, 0.5) is 0 Å². The molecule has 1 saturated heterocycles. The molecule has 5 heteroatoms. The first-order valence-corrected chi connectivity index (χ1v) is 10.1. The van der Waals surface area contributed by atoms with Gasteiger partial charge in [-0.15, -0.1) is 0 Å². The largest absolute Gasteiger partial charge is 0.392 e. The van der Waals surface area contributed by atoms with Gasteiger partial charge < -0.3 is 15.7 Å². The van der Waals surface area contributed by atoms with Crippen LogP contribution in [-0.4, -0.2) is 58.6 Å². The van der Waals surface area contributed by atoms with Crippen LogP contribution in [0.5, 0.6) is 0 Å². The lowest BCUT2D eigenvalue weighted by molar-refractivity contribution is -0.139. The highest BCUT2D eigenvalue weighted by molar-refractivity contribution is 5.79. The number of fused-ring (bicyclic) bond motifs is 1. The second-order valence-electron chi connectivity index (χ2n) is 8.29. The van der Waals surface area contributed by atoms with Gasteiger partial charge in [-0.3, -0.25) is 9.69 Å². The zero-order valence-corrected chi connectivity index (χ0v) is 15.5. The molecule has 0 bridgehead atoms. The van der Waals surface area contributed by atoms with Crippen LogP contribution in [0.25, 0.3) is 0 Å². The van der Waals surface area contributed by atoms with Crippen LogP contribution in [0.2, 0.25) is 0 Å². The molecule has 0 aromatic heterocycles. The number of hydrogen-bond acceptors (Lipinski definition) is 4. The Morgan fingerprint density at radius 3 is 2.50 bits per heavy atom. The van der Waals surface area contributed by atoms with Crippen molar-refractivity contribution in [2.75, 3.05) is 19.6 Å². The normalized spacial score (nSPS) is 30.8. The molecule has 2 fully saturated rings. The van der Waals surface area contributed by atoms with E-state index in [2.05, 4.69) is 29.2 Å². The van der Waals surface area contributed by atoms with E-state index in [1.54, 1.807) is 0 Å². The molecule has 0 spiro atoms. The fraction of sp³-hybridized carbons (Fsp3) is 0.667. The zero-order chi connectivity index (χ0) is 18.1. The molecule has 3 aliphatic rings. The second kappa shape index (κ2) is 7.67. The minimum atomic E-state index is -0.438. The van der Waals surface area contributed by atoms with Crippen molar-refractivity contribution in [3.05, 3.63) is 35.4 Å². The van der Waals surface area contributed by atoms with E-state index < -0.39 is 6.10 Å². The summed E-state index contributed by atoms with van der Waals surface area (Å²) in [6, 6.07) is 9.11. The molecule has 0 unspecified atom stereocenters. The van der Waals surface area contributed by atoms with Crippen molar-refractivity contribution in [2.24, 2.45) is 11.7 Å². The number of hydrogen-bond donors (Lipinski definition) is 2.